The quantitative estimate of drug-likeness (QED) is 0.242. The molecule has 0 unspecified atom stereocenters. The fourth-order valence-electron chi connectivity index (χ4n) is 3.17. The van der Waals surface area contributed by atoms with Gasteiger partial charge >= 0.3 is 0 Å². The summed E-state index contributed by atoms with van der Waals surface area (Å²) in [6.45, 7) is 0.225. The van der Waals surface area contributed by atoms with Crippen LogP contribution in [0.2, 0.25) is 0 Å². The van der Waals surface area contributed by atoms with E-state index in [1.165, 1.54) is 0 Å². The fourth-order valence-corrected chi connectivity index (χ4v) is 3.17. The topological polar surface area (TPSA) is 35.5 Å². The minimum atomic E-state index is -0.00540. The molecule has 0 aliphatic heterocycles. The van der Waals surface area contributed by atoms with Crippen molar-refractivity contribution in [2.24, 2.45) is 0 Å². The van der Waals surface area contributed by atoms with Gasteiger partial charge in [-0.05, 0) is 57.4 Å². The molecule has 4 aromatic rings. The Morgan fingerprint density at radius 1 is 0.821 bits per heavy atom. The Morgan fingerprint density at radius 3 is 2.39 bits per heavy atom. The third-order valence-corrected chi connectivity index (χ3v) is 4.64. The molecule has 0 bridgehead atoms. The minimum absolute atomic E-state index is 0.00540. The summed E-state index contributed by atoms with van der Waals surface area (Å²) in [5.41, 5.74) is 1.67. The first-order valence-electron chi connectivity index (χ1n) is 9.10. The normalized spacial score (nSPS) is 11.3. The molecule has 4 rings (SSSR count). The summed E-state index contributed by atoms with van der Waals surface area (Å²) in [4.78, 5) is 12.6. The second-order valence-electron chi connectivity index (χ2n) is 6.58. The van der Waals surface area contributed by atoms with Crippen molar-refractivity contribution in [1.29, 1.82) is 0 Å². The van der Waals surface area contributed by atoms with Gasteiger partial charge in [0, 0.05) is 12.7 Å². The van der Waals surface area contributed by atoms with Crippen molar-refractivity contribution < 1.29 is 14.3 Å². The number of carbonyl (C=O) groups excluding carboxylic acids is 1. The summed E-state index contributed by atoms with van der Waals surface area (Å²) in [6.07, 6.45) is 3.48. The van der Waals surface area contributed by atoms with Gasteiger partial charge in [0.15, 0.2) is 12.6 Å². The first kappa shape index (κ1) is 18.0. The van der Waals surface area contributed by atoms with Crippen LogP contribution in [0, 0.1) is 0 Å². The maximum Gasteiger partial charge on any atom is 0.188 e. The maximum absolute atomic E-state index is 12.6. The van der Waals surface area contributed by atoms with Gasteiger partial charge in [-0.25, -0.2) is 0 Å². The molecule has 4 aromatic carbocycles. The summed E-state index contributed by atoms with van der Waals surface area (Å²) >= 11 is 0. The predicted octanol–water partition coefficient (Wildman–Crippen LogP) is 5.87. The van der Waals surface area contributed by atoms with Crippen LogP contribution >= 0.6 is 0 Å². The van der Waals surface area contributed by atoms with Crippen molar-refractivity contribution in [2.45, 2.75) is 0 Å². The number of allylic oxidation sites excluding steroid dienone is 1. The lowest BCUT2D eigenvalue weighted by Gasteiger charge is -2.06. The molecule has 0 aliphatic rings. The summed E-state index contributed by atoms with van der Waals surface area (Å²) in [5, 5.41) is 4.36. The highest BCUT2D eigenvalue weighted by Crippen LogP contribution is 2.23. The van der Waals surface area contributed by atoms with Gasteiger partial charge in [0.05, 0.1) is 0 Å². The number of fused-ring (bicyclic) bond motifs is 2. The Hall–Kier alpha value is -3.43. The van der Waals surface area contributed by atoms with Crippen LogP contribution in [0.3, 0.4) is 0 Å². The van der Waals surface area contributed by atoms with E-state index in [1.54, 1.807) is 13.2 Å². The van der Waals surface area contributed by atoms with Crippen molar-refractivity contribution in [1.82, 2.24) is 0 Å². The third kappa shape index (κ3) is 3.95. The number of rotatable bonds is 6. The molecule has 0 heterocycles. The Kier molecular flexibility index (Phi) is 5.18. The molecule has 0 radical (unpaired) electrons. The summed E-state index contributed by atoms with van der Waals surface area (Å²) in [6, 6.07) is 25.8. The average molecular weight is 368 g/mol. The number of benzene rings is 4. The molecule has 138 valence electrons. The lowest BCUT2D eigenvalue weighted by atomic mass is 10.0. The second kappa shape index (κ2) is 8.07. The van der Waals surface area contributed by atoms with Crippen LogP contribution in [0.25, 0.3) is 27.6 Å². The standard InChI is InChI=1S/C25H20O3/c1-27-17-28-24-12-11-21-14-18(6-8-22(21)16-24)7-13-25(26)23-10-9-19-4-2-3-5-20(19)15-23/h2-16H,17H2,1H3/b13-7+. The molecule has 3 heteroatoms. The molecule has 0 atom stereocenters. The van der Waals surface area contributed by atoms with Gasteiger partial charge < -0.3 is 9.47 Å². The Bertz CT molecular complexity index is 1170. The van der Waals surface area contributed by atoms with E-state index in [0.717, 1.165) is 32.9 Å². The van der Waals surface area contributed by atoms with Crippen molar-refractivity contribution in [3.8, 4) is 5.75 Å². The van der Waals surface area contributed by atoms with Gasteiger partial charge in [-0.3, -0.25) is 4.79 Å². The molecule has 0 aromatic heterocycles. The van der Waals surface area contributed by atoms with Crippen LogP contribution in [0.5, 0.6) is 5.75 Å². The van der Waals surface area contributed by atoms with Crippen molar-refractivity contribution in [3.05, 3.63) is 96.1 Å². The third-order valence-electron chi connectivity index (χ3n) is 4.64. The van der Waals surface area contributed by atoms with Gasteiger partial charge in [-0.1, -0.05) is 60.7 Å². The van der Waals surface area contributed by atoms with Gasteiger partial charge in [0.25, 0.3) is 0 Å². The van der Waals surface area contributed by atoms with Gasteiger partial charge in [0.1, 0.15) is 5.75 Å². The Morgan fingerprint density at radius 2 is 1.54 bits per heavy atom. The Balaban J connectivity index is 1.54. The lowest BCUT2D eigenvalue weighted by molar-refractivity contribution is 0.0512. The molecule has 0 N–H and O–H groups in total. The first-order chi connectivity index (χ1) is 13.7. The zero-order valence-electron chi connectivity index (χ0n) is 15.6. The van der Waals surface area contributed by atoms with Gasteiger partial charge in [0.2, 0.25) is 0 Å². The van der Waals surface area contributed by atoms with Gasteiger partial charge in [-0.15, -0.1) is 0 Å². The molecule has 0 aliphatic carbocycles. The molecular weight excluding hydrogens is 348 g/mol. The summed E-state index contributed by atoms with van der Waals surface area (Å²) in [5.74, 6) is 0.762. The zero-order chi connectivity index (χ0) is 19.3. The smallest absolute Gasteiger partial charge is 0.188 e. The monoisotopic (exact) mass is 368 g/mol. The number of carbonyl (C=O) groups is 1. The number of hydrogen-bond acceptors (Lipinski definition) is 3. The van der Waals surface area contributed by atoms with Crippen LogP contribution in [-0.2, 0) is 4.74 Å². The van der Waals surface area contributed by atoms with E-state index >= 15 is 0 Å². The highest BCUT2D eigenvalue weighted by atomic mass is 16.7. The van der Waals surface area contributed by atoms with Crippen LogP contribution in [0.1, 0.15) is 15.9 Å². The van der Waals surface area contributed by atoms with E-state index in [2.05, 4.69) is 6.07 Å². The molecule has 0 saturated heterocycles. The van der Waals surface area contributed by atoms with E-state index in [-0.39, 0.29) is 12.6 Å². The summed E-state index contributed by atoms with van der Waals surface area (Å²) in [7, 11) is 1.60. The molecule has 3 nitrogen and oxygen atoms in total. The number of ketones is 1. The van der Waals surface area contributed by atoms with E-state index < -0.39 is 0 Å². The fraction of sp³-hybridized carbons (Fsp3) is 0.0800. The number of methoxy groups -OCH3 is 1. The Labute approximate surface area is 163 Å². The van der Waals surface area contributed by atoms with Crippen molar-refractivity contribution in [3.63, 3.8) is 0 Å². The minimum Gasteiger partial charge on any atom is -0.468 e. The average Bonchev–Trinajstić information content (AvgIpc) is 2.75. The first-order valence-corrected chi connectivity index (χ1v) is 9.10. The largest absolute Gasteiger partial charge is 0.468 e. The van der Waals surface area contributed by atoms with Crippen LogP contribution in [-0.4, -0.2) is 19.7 Å². The summed E-state index contributed by atoms with van der Waals surface area (Å²) < 4.78 is 10.4. The molecule has 0 saturated carbocycles. The zero-order valence-corrected chi connectivity index (χ0v) is 15.6. The van der Waals surface area contributed by atoms with Gasteiger partial charge in [-0.2, -0.15) is 0 Å². The van der Waals surface area contributed by atoms with Crippen LogP contribution < -0.4 is 4.74 Å². The van der Waals surface area contributed by atoms with Crippen molar-refractivity contribution in [2.75, 3.05) is 13.9 Å². The lowest BCUT2D eigenvalue weighted by Crippen LogP contribution is -1.98. The number of hydrogen-bond donors (Lipinski definition) is 0. The van der Waals surface area contributed by atoms with E-state index in [4.69, 9.17) is 9.47 Å². The maximum atomic E-state index is 12.6. The molecule has 0 fully saturated rings. The van der Waals surface area contributed by atoms with E-state index in [0.29, 0.717) is 5.56 Å². The second-order valence-corrected chi connectivity index (χ2v) is 6.58. The number of ether oxygens (including phenoxy) is 2. The van der Waals surface area contributed by atoms with E-state index in [1.807, 2.05) is 78.9 Å². The van der Waals surface area contributed by atoms with Crippen LogP contribution in [0.4, 0.5) is 0 Å². The molecule has 28 heavy (non-hydrogen) atoms. The highest BCUT2D eigenvalue weighted by molar-refractivity contribution is 6.08. The van der Waals surface area contributed by atoms with E-state index in [9.17, 15) is 4.79 Å². The van der Waals surface area contributed by atoms with Crippen molar-refractivity contribution >= 4 is 33.4 Å². The molecule has 0 spiro atoms. The van der Waals surface area contributed by atoms with Crippen LogP contribution in [0.15, 0.2) is 84.9 Å². The highest BCUT2D eigenvalue weighted by Gasteiger charge is 2.04. The predicted molar refractivity (Wildman–Crippen MR) is 114 cm³/mol. The SMILES string of the molecule is COCOc1ccc2cc(/C=C/C(=O)c3ccc4ccccc4c3)ccc2c1. The molecular formula is C25H20O3. The molecule has 0 amide bonds.